The second kappa shape index (κ2) is 6.51. The molecule has 0 radical (unpaired) electrons. The van der Waals surface area contributed by atoms with E-state index >= 15 is 0 Å². The molecule has 6 nitrogen and oxygen atoms in total. The summed E-state index contributed by atoms with van der Waals surface area (Å²) in [6.45, 7) is 1.85. The summed E-state index contributed by atoms with van der Waals surface area (Å²) < 4.78 is 14.7. The van der Waals surface area contributed by atoms with Crippen LogP contribution in [-0.4, -0.2) is 23.7 Å². The zero-order chi connectivity index (χ0) is 14.4. The van der Waals surface area contributed by atoms with Gasteiger partial charge in [0.15, 0.2) is 18.1 Å². The van der Waals surface area contributed by atoms with Gasteiger partial charge >= 0.3 is 11.9 Å². The average Bonchev–Trinajstić information content (AvgIpc) is 2.95. The molecule has 1 aromatic heterocycles. The van der Waals surface area contributed by atoms with Gasteiger partial charge in [-0.15, -0.1) is 0 Å². The number of nitrogens with zero attached hydrogens (tertiary/aromatic N) is 1. The lowest BCUT2D eigenvalue weighted by Gasteiger charge is -2.01. The molecule has 2 rings (SSSR count). The summed E-state index contributed by atoms with van der Waals surface area (Å²) in [4.78, 5) is 23.1. The van der Waals surface area contributed by atoms with Crippen molar-refractivity contribution in [2.75, 3.05) is 6.61 Å². The van der Waals surface area contributed by atoms with Crippen LogP contribution in [-0.2, 0) is 16.1 Å². The normalized spacial score (nSPS) is 10.1. The maximum atomic E-state index is 11.7. The first kappa shape index (κ1) is 13.8. The number of benzene rings is 1. The number of rotatable bonds is 5. The van der Waals surface area contributed by atoms with Crippen LogP contribution < -0.4 is 0 Å². The summed E-state index contributed by atoms with van der Waals surface area (Å²) in [6, 6.07) is 9.96. The third kappa shape index (κ3) is 3.44. The Labute approximate surface area is 115 Å². The molecule has 0 spiro atoms. The molecule has 0 saturated heterocycles. The molecule has 0 fully saturated rings. The number of esters is 2. The Morgan fingerprint density at radius 2 is 1.90 bits per heavy atom. The van der Waals surface area contributed by atoms with E-state index in [4.69, 9.17) is 14.0 Å². The van der Waals surface area contributed by atoms with Crippen molar-refractivity contribution in [1.29, 1.82) is 0 Å². The van der Waals surface area contributed by atoms with E-state index in [1.54, 1.807) is 37.3 Å². The number of hydrogen-bond donors (Lipinski definition) is 0. The quantitative estimate of drug-likeness (QED) is 0.778. The average molecular weight is 275 g/mol. The molecule has 1 aromatic carbocycles. The Morgan fingerprint density at radius 3 is 2.60 bits per heavy atom. The summed E-state index contributed by atoms with van der Waals surface area (Å²) in [5, 5.41) is 3.54. The van der Waals surface area contributed by atoms with Crippen LogP contribution in [0.15, 0.2) is 40.9 Å². The highest BCUT2D eigenvalue weighted by Gasteiger charge is 2.15. The van der Waals surface area contributed by atoms with E-state index in [-0.39, 0.29) is 24.7 Å². The fourth-order valence-corrected chi connectivity index (χ4v) is 1.48. The van der Waals surface area contributed by atoms with Crippen LogP contribution in [0.2, 0.25) is 0 Å². The van der Waals surface area contributed by atoms with E-state index in [1.807, 2.05) is 0 Å². The molecular weight excluding hydrogens is 262 g/mol. The first-order valence-corrected chi connectivity index (χ1v) is 6.05. The lowest BCUT2D eigenvalue weighted by atomic mass is 10.2. The van der Waals surface area contributed by atoms with Gasteiger partial charge in [0.25, 0.3) is 0 Å². The van der Waals surface area contributed by atoms with Crippen LogP contribution in [0.3, 0.4) is 0 Å². The van der Waals surface area contributed by atoms with E-state index in [0.29, 0.717) is 5.56 Å². The molecule has 1 heterocycles. The minimum absolute atomic E-state index is 0.0533. The van der Waals surface area contributed by atoms with Crippen LogP contribution in [0.4, 0.5) is 0 Å². The van der Waals surface area contributed by atoms with Crippen molar-refractivity contribution in [2.45, 2.75) is 13.5 Å². The van der Waals surface area contributed by atoms with Crippen LogP contribution in [0.5, 0.6) is 0 Å². The zero-order valence-electron chi connectivity index (χ0n) is 10.9. The SMILES string of the molecule is CCOC(=O)c1cc(COC(=O)c2ccccc2)on1. The molecular formula is C14H13NO5. The fraction of sp³-hybridized carbons (Fsp3) is 0.214. The van der Waals surface area contributed by atoms with E-state index < -0.39 is 11.9 Å². The third-order valence-corrected chi connectivity index (χ3v) is 2.40. The third-order valence-electron chi connectivity index (χ3n) is 2.40. The van der Waals surface area contributed by atoms with Gasteiger partial charge in [-0.1, -0.05) is 23.4 Å². The van der Waals surface area contributed by atoms with Crippen LogP contribution in [0.1, 0.15) is 33.5 Å². The summed E-state index contributed by atoms with van der Waals surface area (Å²) in [5.41, 5.74) is 0.496. The molecule has 0 N–H and O–H groups in total. The van der Waals surface area contributed by atoms with Crippen molar-refractivity contribution >= 4 is 11.9 Å². The smallest absolute Gasteiger partial charge is 0.360 e. The Balaban J connectivity index is 1.92. The fourth-order valence-electron chi connectivity index (χ4n) is 1.48. The molecule has 0 aliphatic heterocycles. The monoisotopic (exact) mass is 275 g/mol. The summed E-state index contributed by atoms with van der Waals surface area (Å²) in [7, 11) is 0. The number of carbonyl (C=O) groups is 2. The van der Waals surface area contributed by atoms with Crippen LogP contribution in [0.25, 0.3) is 0 Å². The Kier molecular flexibility index (Phi) is 4.49. The molecule has 6 heteroatoms. The largest absolute Gasteiger partial charge is 0.461 e. The molecule has 104 valence electrons. The maximum Gasteiger partial charge on any atom is 0.360 e. The Bertz CT molecular complexity index is 591. The van der Waals surface area contributed by atoms with Crippen molar-refractivity contribution < 1.29 is 23.6 Å². The van der Waals surface area contributed by atoms with Crippen molar-refractivity contribution in [2.24, 2.45) is 0 Å². The predicted octanol–water partition coefficient (Wildman–Crippen LogP) is 2.21. The van der Waals surface area contributed by atoms with Gasteiger partial charge in [0.05, 0.1) is 12.2 Å². The first-order chi connectivity index (χ1) is 9.70. The minimum atomic E-state index is -0.572. The molecule has 0 atom stereocenters. The van der Waals surface area contributed by atoms with E-state index in [1.165, 1.54) is 6.07 Å². The summed E-state index contributed by atoms with van der Waals surface area (Å²) in [5.74, 6) is -0.770. The molecule has 0 unspecified atom stereocenters. The molecule has 2 aromatic rings. The number of carbonyl (C=O) groups excluding carboxylic acids is 2. The van der Waals surface area contributed by atoms with Crippen molar-refractivity contribution in [3.8, 4) is 0 Å². The van der Waals surface area contributed by atoms with Gasteiger partial charge in [-0.3, -0.25) is 0 Å². The molecule has 0 saturated carbocycles. The van der Waals surface area contributed by atoms with Crippen molar-refractivity contribution in [3.05, 3.63) is 53.4 Å². The zero-order valence-corrected chi connectivity index (χ0v) is 10.9. The first-order valence-electron chi connectivity index (χ1n) is 6.05. The Morgan fingerprint density at radius 1 is 1.15 bits per heavy atom. The molecule has 0 aliphatic rings. The second-order valence-electron chi connectivity index (χ2n) is 3.84. The molecule has 0 aliphatic carbocycles. The highest BCUT2D eigenvalue weighted by molar-refractivity contribution is 5.89. The lowest BCUT2D eigenvalue weighted by Crippen LogP contribution is -2.05. The van der Waals surface area contributed by atoms with Crippen LogP contribution in [0, 0.1) is 0 Å². The standard InChI is InChI=1S/C14H13NO5/c1-2-18-14(17)12-8-11(20-15-12)9-19-13(16)10-6-4-3-5-7-10/h3-8H,2,9H2,1H3. The van der Waals surface area contributed by atoms with E-state index in [2.05, 4.69) is 5.16 Å². The summed E-state index contributed by atoms with van der Waals surface area (Å²) in [6.07, 6.45) is 0. The van der Waals surface area contributed by atoms with Gasteiger partial charge in [0.1, 0.15) is 0 Å². The van der Waals surface area contributed by atoms with Crippen molar-refractivity contribution in [1.82, 2.24) is 5.16 Å². The minimum Gasteiger partial charge on any atom is -0.461 e. The van der Waals surface area contributed by atoms with Gasteiger partial charge < -0.3 is 14.0 Å². The van der Waals surface area contributed by atoms with Crippen molar-refractivity contribution in [3.63, 3.8) is 0 Å². The van der Waals surface area contributed by atoms with Gasteiger partial charge in [0.2, 0.25) is 0 Å². The molecule has 20 heavy (non-hydrogen) atoms. The summed E-state index contributed by atoms with van der Waals surface area (Å²) >= 11 is 0. The van der Waals surface area contributed by atoms with Gasteiger partial charge in [0, 0.05) is 6.07 Å². The van der Waals surface area contributed by atoms with E-state index in [9.17, 15) is 9.59 Å². The van der Waals surface area contributed by atoms with Gasteiger partial charge in [-0.05, 0) is 19.1 Å². The Hall–Kier alpha value is -2.63. The molecule has 0 amide bonds. The highest BCUT2D eigenvalue weighted by atomic mass is 16.6. The van der Waals surface area contributed by atoms with Crippen LogP contribution >= 0.6 is 0 Å². The van der Waals surface area contributed by atoms with Gasteiger partial charge in [-0.25, -0.2) is 9.59 Å². The molecule has 0 bridgehead atoms. The predicted molar refractivity (Wildman–Crippen MR) is 68.0 cm³/mol. The van der Waals surface area contributed by atoms with E-state index in [0.717, 1.165) is 0 Å². The second-order valence-corrected chi connectivity index (χ2v) is 3.84. The number of ether oxygens (including phenoxy) is 2. The van der Waals surface area contributed by atoms with Gasteiger partial charge in [-0.2, -0.15) is 0 Å². The lowest BCUT2D eigenvalue weighted by molar-refractivity contribution is 0.0433. The maximum absolute atomic E-state index is 11.7. The topological polar surface area (TPSA) is 78.6 Å². The number of hydrogen-bond acceptors (Lipinski definition) is 6. The number of aromatic nitrogens is 1. The highest BCUT2D eigenvalue weighted by Crippen LogP contribution is 2.09.